The van der Waals surface area contributed by atoms with E-state index in [4.69, 9.17) is 14.7 Å². The van der Waals surface area contributed by atoms with Gasteiger partial charge in [-0.15, -0.1) is 0 Å². The zero-order valence-corrected chi connectivity index (χ0v) is 16.4. The number of pyridine rings is 1. The molecular formula is C21H24N6O2. The highest BCUT2D eigenvalue weighted by Crippen LogP contribution is 2.33. The third-order valence-electron chi connectivity index (χ3n) is 5.22. The molecule has 0 aliphatic heterocycles. The lowest BCUT2D eigenvalue weighted by Crippen LogP contribution is -2.26. The standard InChI is InChI=1S/C21H24N6O2/c1-29-9-8-22-20(28)12-2-7-15-16-11-23-21(25-14-5-6-14)27-18(16)19(24-13-3-4-13)26-17(15)10-12/h2,7,10-11,13-14H,3-6,8-9H2,1H3,(H,22,28)(H,24,26)(H,23,25,27). The van der Waals surface area contributed by atoms with E-state index in [1.165, 1.54) is 12.8 Å². The van der Waals surface area contributed by atoms with Crippen molar-refractivity contribution in [1.82, 2.24) is 20.3 Å². The summed E-state index contributed by atoms with van der Waals surface area (Å²) in [5.74, 6) is 1.27. The van der Waals surface area contributed by atoms with E-state index in [-0.39, 0.29) is 5.91 Å². The molecule has 2 heterocycles. The first kappa shape index (κ1) is 18.1. The van der Waals surface area contributed by atoms with Crippen molar-refractivity contribution >= 4 is 39.5 Å². The topological polar surface area (TPSA) is 101 Å². The highest BCUT2D eigenvalue weighted by molar-refractivity contribution is 6.10. The quantitative estimate of drug-likeness (QED) is 0.400. The smallest absolute Gasteiger partial charge is 0.251 e. The van der Waals surface area contributed by atoms with Crippen LogP contribution in [-0.4, -0.2) is 53.2 Å². The summed E-state index contributed by atoms with van der Waals surface area (Å²) in [6, 6.07) is 6.49. The van der Waals surface area contributed by atoms with Crippen LogP contribution in [0.4, 0.5) is 11.8 Å². The normalized spacial score (nSPS) is 16.2. The maximum Gasteiger partial charge on any atom is 0.251 e. The number of hydrogen-bond acceptors (Lipinski definition) is 7. The maximum absolute atomic E-state index is 12.4. The molecule has 2 aromatic heterocycles. The molecule has 0 bridgehead atoms. The van der Waals surface area contributed by atoms with E-state index in [1.54, 1.807) is 7.11 Å². The molecule has 3 N–H and O–H groups in total. The zero-order chi connectivity index (χ0) is 19.8. The fourth-order valence-electron chi connectivity index (χ4n) is 3.30. The van der Waals surface area contributed by atoms with Crippen molar-refractivity contribution in [3.8, 4) is 0 Å². The first-order valence-electron chi connectivity index (χ1n) is 10.1. The summed E-state index contributed by atoms with van der Waals surface area (Å²) in [6.45, 7) is 0.948. The number of hydrogen-bond donors (Lipinski definition) is 3. The number of nitrogens with zero attached hydrogens (tertiary/aromatic N) is 3. The number of benzene rings is 1. The Labute approximate surface area is 168 Å². The molecule has 1 aromatic carbocycles. The van der Waals surface area contributed by atoms with Gasteiger partial charge in [-0.3, -0.25) is 4.79 Å². The highest BCUT2D eigenvalue weighted by atomic mass is 16.5. The average Bonchev–Trinajstić information content (AvgIpc) is 3.65. The Morgan fingerprint density at radius 3 is 2.66 bits per heavy atom. The highest BCUT2D eigenvalue weighted by Gasteiger charge is 2.25. The second-order valence-corrected chi connectivity index (χ2v) is 7.73. The number of aromatic nitrogens is 3. The summed E-state index contributed by atoms with van der Waals surface area (Å²) in [7, 11) is 1.61. The van der Waals surface area contributed by atoms with Crippen LogP contribution in [0.1, 0.15) is 36.0 Å². The number of carbonyl (C=O) groups excluding carboxylic acids is 1. The molecule has 8 nitrogen and oxygen atoms in total. The molecule has 5 rings (SSSR count). The van der Waals surface area contributed by atoms with Crippen LogP contribution >= 0.6 is 0 Å². The molecule has 150 valence electrons. The van der Waals surface area contributed by atoms with E-state index >= 15 is 0 Å². The number of rotatable bonds is 8. The Balaban J connectivity index is 1.55. The number of nitrogens with one attached hydrogen (secondary N) is 3. The first-order valence-corrected chi connectivity index (χ1v) is 10.1. The van der Waals surface area contributed by atoms with Crippen molar-refractivity contribution < 1.29 is 9.53 Å². The Kier molecular flexibility index (Phi) is 4.63. The molecule has 3 aromatic rings. The Morgan fingerprint density at radius 1 is 1.10 bits per heavy atom. The van der Waals surface area contributed by atoms with Crippen LogP contribution in [0, 0.1) is 0 Å². The van der Waals surface area contributed by atoms with Crippen LogP contribution in [0.15, 0.2) is 24.4 Å². The van der Waals surface area contributed by atoms with Crippen LogP contribution in [0.2, 0.25) is 0 Å². The number of anilines is 2. The van der Waals surface area contributed by atoms with Crippen LogP contribution in [0.5, 0.6) is 0 Å². The molecule has 2 aliphatic rings. The van der Waals surface area contributed by atoms with Crippen molar-refractivity contribution in [1.29, 1.82) is 0 Å². The summed E-state index contributed by atoms with van der Waals surface area (Å²) in [4.78, 5) is 26.5. The second kappa shape index (κ2) is 7.44. The lowest BCUT2D eigenvalue weighted by molar-refractivity contribution is 0.0937. The summed E-state index contributed by atoms with van der Waals surface area (Å²) < 4.78 is 4.99. The number of methoxy groups -OCH3 is 1. The fourth-order valence-corrected chi connectivity index (χ4v) is 3.30. The van der Waals surface area contributed by atoms with E-state index < -0.39 is 0 Å². The van der Waals surface area contributed by atoms with Gasteiger partial charge in [0.2, 0.25) is 5.95 Å². The predicted octanol–water partition coefficient (Wildman–Crippen LogP) is 2.70. The number of fused-ring (bicyclic) bond motifs is 3. The summed E-state index contributed by atoms with van der Waals surface area (Å²) in [5.41, 5.74) is 2.15. The third-order valence-corrected chi connectivity index (χ3v) is 5.22. The van der Waals surface area contributed by atoms with Gasteiger partial charge in [-0.05, 0) is 37.8 Å². The molecule has 2 fully saturated rings. The first-order chi connectivity index (χ1) is 14.2. The molecule has 29 heavy (non-hydrogen) atoms. The molecule has 0 radical (unpaired) electrons. The van der Waals surface area contributed by atoms with Crippen LogP contribution in [-0.2, 0) is 4.74 Å². The molecule has 2 saturated carbocycles. The van der Waals surface area contributed by atoms with Crippen molar-refractivity contribution in [2.75, 3.05) is 30.9 Å². The lowest BCUT2D eigenvalue weighted by Gasteiger charge is -2.12. The van der Waals surface area contributed by atoms with Crippen molar-refractivity contribution in [3.05, 3.63) is 30.0 Å². The number of amides is 1. The van der Waals surface area contributed by atoms with Gasteiger partial charge in [0.05, 0.1) is 12.1 Å². The maximum atomic E-state index is 12.4. The minimum absolute atomic E-state index is 0.136. The molecule has 0 saturated heterocycles. The second-order valence-electron chi connectivity index (χ2n) is 7.73. The largest absolute Gasteiger partial charge is 0.383 e. The van der Waals surface area contributed by atoms with E-state index in [1.807, 2.05) is 24.4 Å². The molecule has 0 spiro atoms. The van der Waals surface area contributed by atoms with Gasteiger partial charge >= 0.3 is 0 Å². The van der Waals surface area contributed by atoms with Gasteiger partial charge < -0.3 is 20.7 Å². The Morgan fingerprint density at radius 2 is 1.90 bits per heavy atom. The molecule has 8 heteroatoms. The monoisotopic (exact) mass is 392 g/mol. The van der Waals surface area contributed by atoms with E-state index in [9.17, 15) is 4.79 Å². The fraction of sp³-hybridized carbons (Fsp3) is 0.429. The van der Waals surface area contributed by atoms with E-state index in [0.717, 1.165) is 40.5 Å². The van der Waals surface area contributed by atoms with Gasteiger partial charge in [-0.1, -0.05) is 6.07 Å². The van der Waals surface area contributed by atoms with Crippen molar-refractivity contribution in [2.24, 2.45) is 0 Å². The minimum atomic E-state index is -0.136. The van der Waals surface area contributed by atoms with Crippen LogP contribution in [0.25, 0.3) is 21.8 Å². The Bertz CT molecular complexity index is 1080. The van der Waals surface area contributed by atoms with Crippen LogP contribution in [0.3, 0.4) is 0 Å². The van der Waals surface area contributed by atoms with Crippen LogP contribution < -0.4 is 16.0 Å². The third kappa shape index (κ3) is 3.93. The molecule has 2 aliphatic carbocycles. The van der Waals surface area contributed by atoms with Gasteiger partial charge in [0.15, 0.2) is 5.82 Å². The van der Waals surface area contributed by atoms with Crippen molar-refractivity contribution in [3.63, 3.8) is 0 Å². The van der Waals surface area contributed by atoms with Gasteiger partial charge in [0, 0.05) is 48.3 Å². The summed E-state index contributed by atoms with van der Waals surface area (Å²) in [6.07, 6.45) is 6.47. The summed E-state index contributed by atoms with van der Waals surface area (Å²) in [5, 5.41) is 11.6. The van der Waals surface area contributed by atoms with Gasteiger partial charge in [-0.25, -0.2) is 15.0 Å². The molecule has 1 amide bonds. The molecule has 0 unspecified atom stereocenters. The zero-order valence-electron chi connectivity index (χ0n) is 16.4. The van der Waals surface area contributed by atoms with Gasteiger partial charge in [0.1, 0.15) is 5.52 Å². The van der Waals surface area contributed by atoms with Gasteiger partial charge in [-0.2, -0.15) is 0 Å². The van der Waals surface area contributed by atoms with Gasteiger partial charge in [0.25, 0.3) is 5.91 Å². The molecule has 0 atom stereocenters. The lowest BCUT2D eigenvalue weighted by atomic mass is 10.1. The number of carbonyl (C=O) groups is 1. The molecular weight excluding hydrogens is 368 g/mol. The average molecular weight is 392 g/mol. The van der Waals surface area contributed by atoms with E-state index in [0.29, 0.717) is 36.7 Å². The van der Waals surface area contributed by atoms with E-state index in [2.05, 4.69) is 20.9 Å². The Hall–Kier alpha value is -3.00. The summed E-state index contributed by atoms with van der Waals surface area (Å²) >= 11 is 0. The SMILES string of the molecule is COCCNC(=O)c1ccc2c(c1)nc(NC1CC1)c1nc(NC3CC3)ncc12. The minimum Gasteiger partial charge on any atom is -0.383 e. The van der Waals surface area contributed by atoms with Crippen molar-refractivity contribution in [2.45, 2.75) is 37.8 Å². The number of ether oxygens (including phenoxy) is 1. The predicted molar refractivity (Wildman–Crippen MR) is 112 cm³/mol.